The van der Waals surface area contributed by atoms with Crippen LogP contribution in [0, 0.1) is 29.1 Å². The van der Waals surface area contributed by atoms with Crippen LogP contribution in [0.1, 0.15) is 93.6 Å². The molecule has 2 aliphatic rings. The lowest BCUT2D eigenvalue weighted by atomic mass is 9.81. The molecule has 1 N–H and O–H groups in total. The number of thioether (sulfide) groups is 1. The smallest absolute Gasteiger partial charge is 0.348 e. The number of tetrazole rings is 1. The molecule has 1 amide bonds. The topological polar surface area (TPSA) is 101 Å². The highest BCUT2D eigenvalue weighted by Gasteiger charge is 2.37. The molecule has 0 unspecified atom stereocenters. The van der Waals surface area contributed by atoms with Crippen LogP contribution in [0.3, 0.4) is 0 Å². The molecule has 200 valence electrons. The second-order valence-corrected chi connectivity index (χ2v) is 13.7. The monoisotopic (exact) mass is 543 g/mol. The number of hydrogen-bond acceptors (Lipinski definition) is 7. The summed E-state index contributed by atoms with van der Waals surface area (Å²) in [5.74, 6) is 6.03. The van der Waals surface area contributed by atoms with Gasteiger partial charge in [-0.15, -0.1) is 16.4 Å². The highest BCUT2D eigenvalue weighted by molar-refractivity contribution is 7.99. The molecule has 2 fully saturated rings. The zero-order valence-electron chi connectivity index (χ0n) is 22.4. The van der Waals surface area contributed by atoms with E-state index in [4.69, 9.17) is 0 Å². The van der Waals surface area contributed by atoms with Crippen molar-refractivity contribution in [3.05, 3.63) is 15.8 Å². The Hall–Kier alpha value is -2.38. The maximum atomic E-state index is 14.1. The molecule has 0 saturated heterocycles. The quantitative estimate of drug-likeness (QED) is 0.471. The van der Waals surface area contributed by atoms with E-state index in [9.17, 15) is 14.7 Å². The zero-order chi connectivity index (χ0) is 26.7. The highest BCUT2D eigenvalue weighted by atomic mass is 32.2. The van der Waals surface area contributed by atoms with E-state index < -0.39 is 5.97 Å². The first-order valence-electron chi connectivity index (χ1n) is 13.1. The predicted octanol–water partition coefficient (Wildman–Crippen LogP) is 5.63. The Morgan fingerprint density at radius 2 is 1.81 bits per heavy atom. The Morgan fingerprint density at radius 3 is 2.38 bits per heavy atom. The molecule has 2 aromatic rings. The summed E-state index contributed by atoms with van der Waals surface area (Å²) in [6, 6.07) is 1.81. The van der Waals surface area contributed by atoms with E-state index >= 15 is 0 Å². The number of thiophene rings is 1. The van der Waals surface area contributed by atoms with Gasteiger partial charge in [0.1, 0.15) is 4.88 Å². The molecule has 2 saturated carbocycles. The van der Waals surface area contributed by atoms with Crippen molar-refractivity contribution in [2.24, 2.45) is 24.3 Å². The second kappa shape index (κ2) is 11.6. The van der Waals surface area contributed by atoms with E-state index in [1.807, 2.05) is 38.8 Å². The molecule has 0 bridgehead atoms. The first-order chi connectivity index (χ1) is 17.5. The number of nitrogens with zero attached hydrogens (tertiary/aromatic N) is 5. The average Bonchev–Trinajstić information content (AvgIpc) is 3.45. The normalized spacial score (nSPS) is 24.2. The molecule has 8 nitrogen and oxygen atoms in total. The fourth-order valence-electron chi connectivity index (χ4n) is 5.11. The molecule has 0 aliphatic heterocycles. The van der Waals surface area contributed by atoms with Crippen molar-refractivity contribution in [2.75, 3.05) is 4.90 Å². The molecular formula is C27H37N5O3S2. The summed E-state index contributed by atoms with van der Waals surface area (Å²) in [6.45, 7) is 8.33. The van der Waals surface area contributed by atoms with Gasteiger partial charge in [-0.1, -0.05) is 30.5 Å². The molecule has 2 aromatic heterocycles. The van der Waals surface area contributed by atoms with Crippen molar-refractivity contribution >= 4 is 40.7 Å². The Morgan fingerprint density at radius 1 is 1.14 bits per heavy atom. The maximum absolute atomic E-state index is 14.1. The summed E-state index contributed by atoms with van der Waals surface area (Å²) >= 11 is 2.85. The van der Waals surface area contributed by atoms with E-state index in [1.165, 1.54) is 11.3 Å². The van der Waals surface area contributed by atoms with Crippen LogP contribution in [0.5, 0.6) is 0 Å². The molecule has 0 spiro atoms. The van der Waals surface area contributed by atoms with Crippen LogP contribution in [0.2, 0.25) is 0 Å². The second-order valence-electron chi connectivity index (χ2n) is 11.4. The van der Waals surface area contributed by atoms with Gasteiger partial charge in [0.25, 0.3) is 0 Å². The number of rotatable bonds is 6. The minimum atomic E-state index is -1.00. The minimum Gasteiger partial charge on any atom is -0.477 e. The van der Waals surface area contributed by atoms with Crippen molar-refractivity contribution in [3.8, 4) is 11.8 Å². The van der Waals surface area contributed by atoms with Crippen molar-refractivity contribution in [2.45, 2.75) is 95.5 Å². The summed E-state index contributed by atoms with van der Waals surface area (Å²) < 4.78 is 1.68. The number of aryl methyl sites for hydroxylation is 1. The molecule has 0 aromatic carbocycles. The Balaban J connectivity index is 1.62. The fraction of sp³-hybridized carbons (Fsp3) is 0.667. The lowest BCUT2D eigenvalue weighted by Crippen LogP contribution is -2.46. The fourth-order valence-corrected chi connectivity index (χ4v) is 7.04. The molecule has 0 atom stereocenters. The van der Waals surface area contributed by atoms with Gasteiger partial charge >= 0.3 is 5.97 Å². The van der Waals surface area contributed by atoms with E-state index in [0.717, 1.165) is 56.5 Å². The van der Waals surface area contributed by atoms with Gasteiger partial charge in [-0.25, -0.2) is 9.48 Å². The molecule has 2 heterocycles. The van der Waals surface area contributed by atoms with Crippen molar-refractivity contribution in [3.63, 3.8) is 0 Å². The van der Waals surface area contributed by atoms with Gasteiger partial charge in [-0.3, -0.25) is 4.79 Å². The van der Waals surface area contributed by atoms with Gasteiger partial charge < -0.3 is 10.0 Å². The van der Waals surface area contributed by atoms with Gasteiger partial charge in [-0.2, -0.15) is 0 Å². The van der Waals surface area contributed by atoms with Crippen molar-refractivity contribution < 1.29 is 14.7 Å². The number of aromatic nitrogens is 4. The Labute approximate surface area is 227 Å². The average molecular weight is 544 g/mol. The first kappa shape index (κ1) is 27.6. The summed E-state index contributed by atoms with van der Waals surface area (Å²) in [4.78, 5) is 29.1. The predicted molar refractivity (Wildman–Crippen MR) is 147 cm³/mol. The van der Waals surface area contributed by atoms with Gasteiger partial charge in [0.15, 0.2) is 0 Å². The number of carbonyl (C=O) groups excluding carboxylic acids is 1. The van der Waals surface area contributed by atoms with Crippen LogP contribution in [0.15, 0.2) is 11.2 Å². The number of hydrogen-bond donors (Lipinski definition) is 1. The molecular weight excluding hydrogens is 506 g/mol. The lowest BCUT2D eigenvalue weighted by molar-refractivity contribution is -0.124. The number of carboxylic acids is 1. The molecule has 37 heavy (non-hydrogen) atoms. The minimum absolute atomic E-state index is 0.0301. The number of aromatic carboxylic acids is 1. The van der Waals surface area contributed by atoms with Gasteiger partial charge in [0.2, 0.25) is 11.1 Å². The Kier molecular flexibility index (Phi) is 8.64. The maximum Gasteiger partial charge on any atom is 0.348 e. The number of amides is 1. The summed E-state index contributed by atoms with van der Waals surface area (Å²) in [6.07, 6.45) is 7.27. The van der Waals surface area contributed by atoms with Crippen molar-refractivity contribution in [1.82, 2.24) is 20.2 Å². The lowest BCUT2D eigenvalue weighted by Gasteiger charge is -2.39. The summed E-state index contributed by atoms with van der Waals surface area (Å²) in [5, 5.41) is 23.0. The van der Waals surface area contributed by atoms with E-state index in [2.05, 4.69) is 34.3 Å². The third kappa shape index (κ3) is 6.94. The van der Waals surface area contributed by atoms with E-state index in [1.54, 1.807) is 16.4 Å². The van der Waals surface area contributed by atoms with E-state index in [-0.39, 0.29) is 28.2 Å². The number of carbonyl (C=O) groups is 2. The number of anilines is 1. The number of carboxylic acid groups (broad SMARTS) is 1. The molecule has 4 rings (SSSR count). The van der Waals surface area contributed by atoms with Gasteiger partial charge in [0.05, 0.1) is 10.6 Å². The molecule has 10 heteroatoms. The SMILES string of the molecule is Cn1nnnc1S[C@H]1CC[C@H](N(c2cc(C#CC(C)(C)C)sc2C(=O)O)C(=O)[C@H]2CC[C@H](C)CC2)CC1. The van der Waals surface area contributed by atoms with Crippen LogP contribution >= 0.6 is 23.1 Å². The first-order valence-corrected chi connectivity index (χ1v) is 14.8. The van der Waals surface area contributed by atoms with Gasteiger partial charge in [0, 0.05) is 29.7 Å². The Bertz CT molecular complexity index is 1170. The van der Waals surface area contributed by atoms with Crippen LogP contribution in [-0.4, -0.2) is 48.5 Å². The molecule has 0 radical (unpaired) electrons. The summed E-state index contributed by atoms with van der Waals surface area (Å²) in [5.41, 5.74) is 0.323. The third-order valence-electron chi connectivity index (χ3n) is 7.19. The van der Waals surface area contributed by atoms with Crippen LogP contribution in [0.4, 0.5) is 5.69 Å². The largest absolute Gasteiger partial charge is 0.477 e. The van der Waals surface area contributed by atoms with Gasteiger partial charge in [-0.05, 0) is 94.5 Å². The highest BCUT2D eigenvalue weighted by Crippen LogP contribution is 2.41. The third-order valence-corrected chi connectivity index (χ3v) is 9.58. The van der Waals surface area contributed by atoms with Crippen LogP contribution in [0.25, 0.3) is 0 Å². The van der Waals surface area contributed by atoms with Crippen LogP contribution < -0.4 is 4.90 Å². The zero-order valence-corrected chi connectivity index (χ0v) is 24.0. The van der Waals surface area contributed by atoms with Crippen molar-refractivity contribution in [1.29, 1.82) is 0 Å². The van der Waals surface area contributed by atoms with E-state index in [0.29, 0.717) is 21.7 Å². The molecule has 2 aliphatic carbocycles. The van der Waals surface area contributed by atoms with Crippen LogP contribution in [-0.2, 0) is 11.8 Å². The standard InChI is InChI=1S/C27H37N5O3S2/c1-17-6-8-18(9-7-17)24(33)32(19-10-12-20(13-11-19)37-26-28-29-30-31(26)5)22-16-21(14-15-27(2,3)4)36-23(22)25(34)35/h16-20H,6-13H2,1-5H3,(H,34,35)/t17-,18-,19-,20-. The summed E-state index contributed by atoms with van der Waals surface area (Å²) in [7, 11) is 1.84.